The van der Waals surface area contributed by atoms with Gasteiger partial charge in [0.05, 0.1) is 17.0 Å². The lowest BCUT2D eigenvalue weighted by molar-refractivity contribution is 0.0959. The molecular formula is C18H19FN4O3. The van der Waals surface area contributed by atoms with Crippen LogP contribution in [-0.4, -0.2) is 52.1 Å². The number of hydrogen-bond acceptors (Lipinski definition) is 4. The van der Waals surface area contributed by atoms with Gasteiger partial charge in [-0.15, -0.1) is 0 Å². The van der Waals surface area contributed by atoms with Crippen molar-refractivity contribution in [3.8, 4) is 11.3 Å². The molecule has 0 unspecified atom stereocenters. The van der Waals surface area contributed by atoms with Crippen molar-refractivity contribution in [2.45, 2.75) is 18.8 Å². The first-order chi connectivity index (χ1) is 12.5. The molecule has 1 aliphatic heterocycles. The second-order valence-electron chi connectivity index (χ2n) is 6.11. The van der Waals surface area contributed by atoms with Gasteiger partial charge >= 0.3 is 6.09 Å². The molecule has 0 atom stereocenters. The van der Waals surface area contributed by atoms with Crippen LogP contribution in [0.3, 0.4) is 0 Å². The van der Waals surface area contributed by atoms with Gasteiger partial charge in [0.2, 0.25) is 0 Å². The molecule has 2 aromatic rings. The van der Waals surface area contributed by atoms with Gasteiger partial charge in [-0.25, -0.2) is 9.18 Å². The maximum absolute atomic E-state index is 14.3. The van der Waals surface area contributed by atoms with Gasteiger partial charge < -0.3 is 15.3 Å². The molecule has 3 rings (SSSR count). The van der Waals surface area contributed by atoms with E-state index in [4.69, 9.17) is 5.11 Å². The van der Waals surface area contributed by atoms with Gasteiger partial charge in [0.1, 0.15) is 5.82 Å². The number of carbonyl (C=O) groups is 2. The van der Waals surface area contributed by atoms with Crippen molar-refractivity contribution in [2.24, 2.45) is 0 Å². The van der Waals surface area contributed by atoms with Gasteiger partial charge in [0, 0.05) is 44.0 Å². The summed E-state index contributed by atoms with van der Waals surface area (Å²) < 4.78 is 14.3. The molecule has 0 bridgehead atoms. The SMILES string of the molecule is CNC(=O)c1ccc(-c2nccnc2C2CCN(C(=O)O)CC2)cc1F. The van der Waals surface area contributed by atoms with Crippen LogP contribution >= 0.6 is 0 Å². The molecule has 1 aromatic carbocycles. The predicted octanol–water partition coefficient (Wildman–Crippen LogP) is 2.50. The van der Waals surface area contributed by atoms with Gasteiger partial charge in [-0.1, -0.05) is 6.07 Å². The van der Waals surface area contributed by atoms with E-state index in [0.29, 0.717) is 37.2 Å². The molecule has 7 nitrogen and oxygen atoms in total. The van der Waals surface area contributed by atoms with E-state index in [-0.39, 0.29) is 11.5 Å². The first-order valence-electron chi connectivity index (χ1n) is 8.32. The van der Waals surface area contributed by atoms with Gasteiger partial charge in [0.15, 0.2) is 0 Å². The lowest BCUT2D eigenvalue weighted by Gasteiger charge is -2.30. The molecule has 1 fully saturated rings. The van der Waals surface area contributed by atoms with Gasteiger partial charge in [0.25, 0.3) is 5.91 Å². The molecule has 8 heteroatoms. The molecule has 1 aliphatic rings. The Morgan fingerprint density at radius 1 is 1.23 bits per heavy atom. The normalized spacial score (nSPS) is 14.9. The van der Waals surface area contributed by atoms with E-state index in [1.807, 2.05) is 0 Å². The number of nitrogens with one attached hydrogen (secondary N) is 1. The van der Waals surface area contributed by atoms with Crippen molar-refractivity contribution in [1.82, 2.24) is 20.2 Å². The minimum atomic E-state index is -0.922. The Morgan fingerprint density at radius 2 is 1.92 bits per heavy atom. The highest BCUT2D eigenvalue weighted by molar-refractivity contribution is 5.94. The zero-order chi connectivity index (χ0) is 18.7. The molecule has 1 aromatic heterocycles. The Bertz CT molecular complexity index is 835. The largest absolute Gasteiger partial charge is 0.465 e. The number of benzene rings is 1. The molecule has 0 aliphatic carbocycles. The van der Waals surface area contributed by atoms with Crippen LogP contribution in [0.1, 0.15) is 34.8 Å². The molecule has 0 saturated carbocycles. The van der Waals surface area contributed by atoms with Crippen molar-refractivity contribution in [1.29, 1.82) is 0 Å². The van der Waals surface area contributed by atoms with Crippen LogP contribution in [0.5, 0.6) is 0 Å². The third kappa shape index (κ3) is 3.49. The van der Waals surface area contributed by atoms with Crippen molar-refractivity contribution >= 4 is 12.0 Å². The Morgan fingerprint density at radius 3 is 2.54 bits per heavy atom. The van der Waals surface area contributed by atoms with Gasteiger partial charge in [-0.3, -0.25) is 14.8 Å². The third-order valence-corrected chi connectivity index (χ3v) is 4.59. The first kappa shape index (κ1) is 17.8. The quantitative estimate of drug-likeness (QED) is 0.879. The van der Waals surface area contributed by atoms with Crippen molar-refractivity contribution in [3.05, 3.63) is 47.7 Å². The lowest BCUT2D eigenvalue weighted by atomic mass is 9.90. The number of carboxylic acid groups (broad SMARTS) is 1. The highest BCUT2D eigenvalue weighted by atomic mass is 19.1. The van der Waals surface area contributed by atoms with Crippen LogP contribution in [0.2, 0.25) is 0 Å². The summed E-state index contributed by atoms with van der Waals surface area (Å²) in [6.07, 6.45) is 3.47. The minimum absolute atomic E-state index is 0.0311. The number of aromatic nitrogens is 2. The third-order valence-electron chi connectivity index (χ3n) is 4.59. The number of amides is 2. The lowest BCUT2D eigenvalue weighted by Crippen LogP contribution is -2.37. The average molecular weight is 358 g/mol. The van der Waals surface area contributed by atoms with E-state index in [2.05, 4.69) is 15.3 Å². The maximum Gasteiger partial charge on any atom is 0.407 e. The standard InChI is InChI=1S/C18H19FN4O3/c1-20-17(24)13-3-2-12(10-14(13)19)16-15(21-6-7-22-16)11-4-8-23(9-5-11)18(25)26/h2-3,6-7,10-11H,4-5,8-9H2,1H3,(H,20,24)(H,25,26). The van der Waals surface area contributed by atoms with Gasteiger partial charge in [-0.05, 0) is 25.0 Å². The monoisotopic (exact) mass is 358 g/mol. The Labute approximate surface area is 149 Å². The number of halogens is 1. The summed E-state index contributed by atoms with van der Waals surface area (Å²) in [5.41, 5.74) is 1.80. The summed E-state index contributed by atoms with van der Waals surface area (Å²) in [6, 6.07) is 4.35. The molecule has 1 saturated heterocycles. The Kier molecular flexibility index (Phi) is 5.11. The summed E-state index contributed by atoms with van der Waals surface area (Å²) >= 11 is 0. The molecule has 2 amide bonds. The van der Waals surface area contributed by atoms with Crippen LogP contribution < -0.4 is 5.32 Å². The fourth-order valence-electron chi connectivity index (χ4n) is 3.20. The van der Waals surface area contributed by atoms with Crippen LogP contribution in [0.15, 0.2) is 30.6 Å². The number of nitrogens with zero attached hydrogens (tertiary/aromatic N) is 3. The molecule has 26 heavy (non-hydrogen) atoms. The van der Waals surface area contributed by atoms with Crippen molar-refractivity contribution in [3.63, 3.8) is 0 Å². The van der Waals surface area contributed by atoms with E-state index in [1.165, 1.54) is 30.3 Å². The number of rotatable bonds is 3. The van der Waals surface area contributed by atoms with E-state index in [9.17, 15) is 14.0 Å². The summed E-state index contributed by atoms with van der Waals surface area (Å²) in [5.74, 6) is -1.07. The van der Waals surface area contributed by atoms with Crippen molar-refractivity contribution in [2.75, 3.05) is 20.1 Å². The van der Waals surface area contributed by atoms with Crippen LogP contribution in [0.25, 0.3) is 11.3 Å². The van der Waals surface area contributed by atoms with Crippen molar-refractivity contribution < 1.29 is 19.1 Å². The molecule has 0 radical (unpaired) electrons. The second-order valence-corrected chi connectivity index (χ2v) is 6.11. The van der Waals surface area contributed by atoms with Crippen LogP contribution in [-0.2, 0) is 0 Å². The summed E-state index contributed by atoms with van der Waals surface area (Å²) in [6.45, 7) is 0.861. The minimum Gasteiger partial charge on any atom is -0.465 e. The molecule has 0 spiro atoms. The van der Waals surface area contributed by atoms with Crippen LogP contribution in [0, 0.1) is 5.82 Å². The predicted molar refractivity (Wildman–Crippen MR) is 92.4 cm³/mol. The van der Waals surface area contributed by atoms with E-state index < -0.39 is 17.8 Å². The summed E-state index contributed by atoms with van der Waals surface area (Å²) in [4.78, 5) is 32.9. The molecule has 2 heterocycles. The van der Waals surface area contributed by atoms with Gasteiger partial charge in [-0.2, -0.15) is 0 Å². The number of piperidine rings is 1. The average Bonchev–Trinajstić information content (AvgIpc) is 2.67. The Balaban J connectivity index is 1.90. The van der Waals surface area contributed by atoms with Crippen LogP contribution in [0.4, 0.5) is 9.18 Å². The zero-order valence-electron chi connectivity index (χ0n) is 14.3. The molecule has 2 N–H and O–H groups in total. The molecule has 136 valence electrons. The fourth-order valence-corrected chi connectivity index (χ4v) is 3.20. The first-order valence-corrected chi connectivity index (χ1v) is 8.32. The fraction of sp³-hybridized carbons (Fsp3) is 0.333. The van der Waals surface area contributed by atoms with E-state index >= 15 is 0 Å². The molecular weight excluding hydrogens is 339 g/mol. The number of carbonyl (C=O) groups excluding carboxylic acids is 1. The second kappa shape index (κ2) is 7.47. The topological polar surface area (TPSA) is 95.4 Å². The number of likely N-dealkylation sites (tertiary alicyclic amines) is 1. The zero-order valence-corrected chi connectivity index (χ0v) is 14.3. The maximum atomic E-state index is 14.3. The number of hydrogen-bond donors (Lipinski definition) is 2. The summed E-state index contributed by atoms with van der Waals surface area (Å²) in [5, 5.41) is 11.5. The Hall–Kier alpha value is -3.03. The smallest absolute Gasteiger partial charge is 0.407 e. The summed E-state index contributed by atoms with van der Waals surface area (Å²) in [7, 11) is 1.44. The van der Waals surface area contributed by atoms with E-state index in [0.717, 1.165) is 5.69 Å². The highest BCUT2D eigenvalue weighted by Gasteiger charge is 2.27. The highest BCUT2D eigenvalue weighted by Crippen LogP contribution is 2.33. The van der Waals surface area contributed by atoms with E-state index in [1.54, 1.807) is 12.3 Å².